The van der Waals surface area contributed by atoms with Gasteiger partial charge in [-0.2, -0.15) is 0 Å². The van der Waals surface area contributed by atoms with Crippen LogP contribution in [0.3, 0.4) is 0 Å². The van der Waals surface area contributed by atoms with Gasteiger partial charge in [0.2, 0.25) is 0 Å². The molecule has 0 atom stereocenters. The molecule has 1 aromatic heterocycles. The van der Waals surface area contributed by atoms with Crippen molar-refractivity contribution < 1.29 is 9.90 Å². The number of carboxylic acids is 1. The molecule has 0 spiro atoms. The molecule has 0 unspecified atom stereocenters. The van der Waals surface area contributed by atoms with E-state index in [0.29, 0.717) is 6.04 Å². The first kappa shape index (κ1) is 12.5. The first-order valence-corrected chi connectivity index (χ1v) is 5.52. The van der Waals surface area contributed by atoms with Gasteiger partial charge in [-0.15, -0.1) is 0 Å². The molecule has 0 amide bonds. The molecule has 0 aliphatic heterocycles. The van der Waals surface area contributed by atoms with Crippen LogP contribution in [-0.4, -0.2) is 29.1 Å². The Hall–Kier alpha value is -1.58. The Balaban J connectivity index is 2.84. The van der Waals surface area contributed by atoms with Gasteiger partial charge < -0.3 is 10.0 Å². The summed E-state index contributed by atoms with van der Waals surface area (Å²) in [7, 11) is 2.01. The van der Waals surface area contributed by atoms with Gasteiger partial charge in [0.1, 0.15) is 5.69 Å². The normalized spacial score (nSPS) is 10.5. The third-order valence-corrected chi connectivity index (χ3v) is 2.86. The summed E-state index contributed by atoms with van der Waals surface area (Å²) in [6.07, 6.45) is 3.74. The van der Waals surface area contributed by atoms with Crippen molar-refractivity contribution in [2.45, 2.75) is 32.7 Å². The number of carbonyl (C=O) groups is 1. The highest BCUT2D eigenvalue weighted by Gasteiger charge is 2.12. The molecular weight excluding hydrogens is 204 g/mol. The zero-order valence-corrected chi connectivity index (χ0v) is 9.97. The van der Waals surface area contributed by atoms with E-state index < -0.39 is 5.97 Å². The van der Waals surface area contributed by atoms with Crippen molar-refractivity contribution >= 4 is 11.7 Å². The summed E-state index contributed by atoms with van der Waals surface area (Å²) in [5.74, 6) is -0.989. The van der Waals surface area contributed by atoms with Crippen LogP contribution in [0.5, 0.6) is 0 Å². The average molecular weight is 222 g/mol. The molecule has 1 rings (SSSR count). The monoisotopic (exact) mass is 222 g/mol. The van der Waals surface area contributed by atoms with Gasteiger partial charge in [0.25, 0.3) is 0 Å². The standard InChI is InChI=1S/C12H18N2O2/c1-4-9(5-2)14(3)10-6-7-11(12(15)16)13-8-10/h6-9H,4-5H2,1-3H3,(H,15,16). The van der Waals surface area contributed by atoms with E-state index in [1.54, 1.807) is 12.3 Å². The summed E-state index contributed by atoms with van der Waals surface area (Å²) in [5, 5.41) is 8.74. The van der Waals surface area contributed by atoms with Gasteiger partial charge in [-0.25, -0.2) is 9.78 Å². The molecule has 0 aliphatic carbocycles. The van der Waals surface area contributed by atoms with Crippen molar-refractivity contribution in [1.82, 2.24) is 4.98 Å². The maximum atomic E-state index is 10.7. The molecule has 1 N–H and O–H groups in total. The van der Waals surface area contributed by atoms with Gasteiger partial charge in [-0.1, -0.05) is 13.8 Å². The van der Waals surface area contributed by atoms with E-state index in [1.807, 2.05) is 7.05 Å². The van der Waals surface area contributed by atoms with Gasteiger partial charge >= 0.3 is 5.97 Å². The average Bonchev–Trinajstić information content (AvgIpc) is 2.30. The summed E-state index contributed by atoms with van der Waals surface area (Å²) in [6.45, 7) is 4.29. The van der Waals surface area contributed by atoms with Crippen molar-refractivity contribution in [2.24, 2.45) is 0 Å². The topological polar surface area (TPSA) is 53.4 Å². The lowest BCUT2D eigenvalue weighted by atomic mass is 10.1. The van der Waals surface area contributed by atoms with Gasteiger partial charge in [0.15, 0.2) is 0 Å². The van der Waals surface area contributed by atoms with Gasteiger partial charge in [0.05, 0.1) is 11.9 Å². The van der Waals surface area contributed by atoms with E-state index in [4.69, 9.17) is 5.11 Å². The molecule has 16 heavy (non-hydrogen) atoms. The largest absolute Gasteiger partial charge is 0.477 e. The maximum Gasteiger partial charge on any atom is 0.354 e. The van der Waals surface area contributed by atoms with Crippen LogP contribution in [0.25, 0.3) is 0 Å². The highest BCUT2D eigenvalue weighted by Crippen LogP contribution is 2.17. The van der Waals surface area contributed by atoms with E-state index >= 15 is 0 Å². The zero-order valence-electron chi connectivity index (χ0n) is 9.97. The minimum Gasteiger partial charge on any atom is -0.477 e. The molecule has 88 valence electrons. The van der Waals surface area contributed by atoms with Crippen LogP contribution >= 0.6 is 0 Å². The number of carboxylic acid groups (broad SMARTS) is 1. The predicted octanol–water partition coefficient (Wildman–Crippen LogP) is 2.40. The fraction of sp³-hybridized carbons (Fsp3) is 0.500. The number of aromatic carboxylic acids is 1. The predicted molar refractivity (Wildman–Crippen MR) is 64.0 cm³/mol. The summed E-state index contributed by atoms with van der Waals surface area (Å²) in [6, 6.07) is 3.81. The SMILES string of the molecule is CCC(CC)N(C)c1ccc(C(=O)O)nc1. The zero-order chi connectivity index (χ0) is 12.1. The quantitative estimate of drug-likeness (QED) is 0.831. The van der Waals surface area contributed by atoms with E-state index in [1.165, 1.54) is 6.07 Å². The van der Waals surface area contributed by atoms with Crippen LogP contribution in [0.4, 0.5) is 5.69 Å². The lowest BCUT2D eigenvalue weighted by Crippen LogP contribution is -2.30. The first-order chi connectivity index (χ1) is 7.60. The van der Waals surface area contributed by atoms with E-state index in [2.05, 4.69) is 23.7 Å². The molecule has 1 heterocycles. The molecule has 0 fully saturated rings. The Labute approximate surface area is 95.9 Å². The van der Waals surface area contributed by atoms with Crippen LogP contribution in [-0.2, 0) is 0 Å². The van der Waals surface area contributed by atoms with Crippen LogP contribution in [0.1, 0.15) is 37.2 Å². The van der Waals surface area contributed by atoms with E-state index in [0.717, 1.165) is 18.5 Å². The fourth-order valence-electron chi connectivity index (χ4n) is 1.77. The van der Waals surface area contributed by atoms with Crippen molar-refractivity contribution in [3.63, 3.8) is 0 Å². The summed E-state index contributed by atoms with van der Waals surface area (Å²) in [4.78, 5) is 16.7. The molecule has 0 saturated carbocycles. The Bertz CT molecular complexity index is 345. The van der Waals surface area contributed by atoms with Gasteiger partial charge in [0, 0.05) is 13.1 Å². The number of pyridine rings is 1. The first-order valence-electron chi connectivity index (χ1n) is 5.52. The molecule has 4 nitrogen and oxygen atoms in total. The van der Waals surface area contributed by atoms with Gasteiger partial charge in [-0.05, 0) is 25.0 Å². The summed E-state index contributed by atoms with van der Waals surface area (Å²) in [5.41, 5.74) is 1.04. The molecular formula is C12H18N2O2. The third kappa shape index (κ3) is 2.72. The summed E-state index contributed by atoms with van der Waals surface area (Å²) < 4.78 is 0. The smallest absolute Gasteiger partial charge is 0.354 e. The fourth-order valence-corrected chi connectivity index (χ4v) is 1.77. The van der Waals surface area contributed by atoms with Gasteiger partial charge in [-0.3, -0.25) is 0 Å². The molecule has 0 aromatic carbocycles. The molecule has 1 aromatic rings. The van der Waals surface area contributed by atoms with Crippen molar-refractivity contribution in [1.29, 1.82) is 0 Å². The minimum absolute atomic E-state index is 0.0849. The highest BCUT2D eigenvalue weighted by atomic mass is 16.4. The Morgan fingerprint density at radius 1 is 1.44 bits per heavy atom. The Morgan fingerprint density at radius 2 is 2.06 bits per heavy atom. The molecule has 4 heteroatoms. The maximum absolute atomic E-state index is 10.7. The van der Waals surface area contributed by atoms with Crippen molar-refractivity contribution in [3.05, 3.63) is 24.0 Å². The number of nitrogens with zero attached hydrogens (tertiary/aromatic N) is 2. The number of anilines is 1. The minimum atomic E-state index is -0.989. The second-order valence-corrected chi connectivity index (χ2v) is 3.79. The van der Waals surface area contributed by atoms with E-state index in [9.17, 15) is 4.79 Å². The number of aromatic nitrogens is 1. The van der Waals surface area contributed by atoms with Crippen LogP contribution in [0.15, 0.2) is 18.3 Å². The van der Waals surface area contributed by atoms with Crippen LogP contribution in [0, 0.1) is 0 Å². The number of hydrogen-bond acceptors (Lipinski definition) is 3. The van der Waals surface area contributed by atoms with Crippen molar-refractivity contribution in [2.75, 3.05) is 11.9 Å². The molecule has 0 radical (unpaired) electrons. The van der Waals surface area contributed by atoms with E-state index in [-0.39, 0.29) is 5.69 Å². The Morgan fingerprint density at radius 3 is 2.44 bits per heavy atom. The molecule has 0 saturated heterocycles. The van der Waals surface area contributed by atoms with Crippen molar-refractivity contribution in [3.8, 4) is 0 Å². The lowest BCUT2D eigenvalue weighted by molar-refractivity contribution is 0.0690. The number of rotatable bonds is 5. The van der Waals surface area contributed by atoms with Crippen LogP contribution < -0.4 is 4.90 Å². The molecule has 0 bridgehead atoms. The number of hydrogen-bond donors (Lipinski definition) is 1. The third-order valence-electron chi connectivity index (χ3n) is 2.86. The Kier molecular flexibility index (Phi) is 4.28. The lowest BCUT2D eigenvalue weighted by Gasteiger charge is -2.28. The second-order valence-electron chi connectivity index (χ2n) is 3.79. The van der Waals surface area contributed by atoms with Crippen LogP contribution in [0.2, 0.25) is 0 Å². The second kappa shape index (κ2) is 5.49. The summed E-state index contributed by atoms with van der Waals surface area (Å²) >= 11 is 0. The highest BCUT2D eigenvalue weighted by molar-refractivity contribution is 5.85. The molecule has 0 aliphatic rings.